The van der Waals surface area contributed by atoms with Gasteiger partial charge in [0.25, 0.3) is 5.69 Å². The summed E-state index contributed by atoms with van der Waals surface area (Å²) in [7, 11) is 1.54. The second kappa shape index (κ2) is 7.58. The summed E-state index contributed by atoms with van der Waals surface area (Å²) in [5.41, 5.74) is 0.151. The molecule has 1 aromatic rings. The van der Waals surface area contributed by atoms with Crippen LogP contribution in [0.3, 0.4) is 0 Å². The normalized spacial score (nSPS) is 15.5. The molecule has 1 aliphatic rings. The molecule has 8 nitrogen and oxygen atoms in total. The Morgan fingerprint density at radius 2 is 1.92 bits per heavy atom. The summed E-state index contributed by atoms with van der Waals surface area (Å²) in [6.07, 6.45) is 0.408. The molecule has 1 aliphatic heterocycles. The summed E-state index contributed by atoms with van der Waals surface area (Å²) in [5, 5.41) is 11.1. The first kappa shape index (κ1) is 18.8. The van der Waals surface area contributed by atoms with Crippen molar-refractivity contribution in [1.29, 1.82) is 0 Å². The average molecular weight is 351 g/mol. The lowest BCUT2D eigenvalue weighted by atomic mass is 10.2. The third kappa shape index (κ3) is 4.98. The smallest absolute Gasteiger partial charge is 0.410 e. The fourth-order valence-electron chi connectivity index (χ4n) is 2.71. The van der Waals surface area contributed by atoms with E-state index >= 15 is 0 Å². The summed E-state index contributed by atoms with van der Waals surface area (Å²) in [4.78, 5) is 26.6. The maximum Gasteiger partial charge on any atom is 0.410 e. The number of rotatable bonds is 3. The van der Waals surface area contributed by atoms with Crippen LogP contribution < -0.4 is 9.64 Å². The van der Waals surface area contributed by atoms with Gasteiger partial charge >= 0.3 is 6.09 Å². The second-order valence-electron chi connectivity index (χ2n) is 6.92. The predicted molar refractivity (Wildman–Crippen MR) is 94.3 cm³/mol. The van der Waals surface area contributed by atoms with Crippen molar-refractivity contribution in [2.45, 2.75) is 32.8 Å². The molecule has 138 valence electrons. The van der Waals surface area contributed by atoms with E-state index in [1.165, 1.54) is 19.2 Å². The van der Waals surface area contributed by atoms with Crippen LogP contribution in [0.2, 0.25) is 0 Å². The van der Waals surface area contributed by atoms with Gasteiger partial charge < -0.3 is 19.3 Å². The largest absolute Gasteiger partial charge is 0.495 e. The van der Waals surface area contributed by atoms with Gasteiger partial charge in [-0.2, -0.15) is 0 Å². The molecule has 0 unspecified atom stereocenters. The Balaban J connectivity index is 2.14. The lowest BCUT2D eigenvalue weighted by Crippen LogP contribution is -2.39. The third-order valence-electron chi connectivity index (χ3n) is 3.86. The highest BCUT2D eigenvalue weighted by Gasteiger charge is 2.26. The molecule has 2 rings (SSSR count). The first-order valence-electron chi connectivity index (χ1n) is 8.26. The lowest BCUT2D eigenvalue weighted by molar-refractivity contribution is -0.384. The summed E-state index contributed by atoms with van der Waals surface area (Å²) >= 11 is 0. The Labute approximate surface area is 147 Å². The van der Waals surface area contributed by atoms with Crippen LogP contribution in [-0.2, 0) is 4.74 Å². The number of nitro benzene ring substituents is 1. The molecule has 1 fully saturated rings. The number of ether oxygens (including phenoxy) is 2. The number of carbonyl (C=O) groups excluding carboxylic acids is 1. The molecule has 0 N–H and O–H groups in total. The van der Waals surface area contributed by atoms with Crippen LogP contribution in [0.25, 0.3) is 0 Å². The van der Waals surface area contributed by atoms with E-state index in [4.69, 9.17) is 9.47 Å². The number of nitro groups is 1. The van der Waals surface area contributed by atoms with E-state index in [1.807, 2.05) is 25.7 Å². The van der Waals surface area contributed by atoms with Crippen LogP contribution in [0, 0.1) is 10.1 Å². The number of amides is 1. The monoisotopic (exact) mass is 351 g/mol. The minimum Gasteiger partial charge on any atom is -0.495 e. The number of methoxy groups -OCH3 is 1. The molecule has 25 heavy (non-hydrogen) atoms. The van der Waals surface area contributed by atoms with E-state index in [9.17, 15) is 14.9 Å². The Morgan fingerprint density at radius 1 is 1.20 bits per heavy atom. The van der Waals surface area contributed by atoms with Crippen LogP contribution in [0.4, 0.5) is 16.2 Å². The van der Waals surface area contributed by atoms with E-state index in [2.05, 4.69) is 0 Å². The molecule has 0 saturated carbocycles. The van der Waals surface area contributed by atoms with Crippen molar-refractivity contribution >= 4 is 17.5 Å². The van der Waals surface area contributed by atoms with E-state index < -0.39 is 10.5 Å². The van der Waals surface area contributed by atoms with Crippen molar-refractivity contribution in [1.82, 2.24) is 4.90 Å². The molecule has 0 aromatic heterocycles. The molecule has 1 amide bonds. The van der Waals surface area contributed by atoms with Crippen molar-refractivity contribution < 1.29 is 19.2 Å². The minimum absolute atomic E-state index is 0.0176. The molecule has 0 aliphatic carbocycles. The topological polar surface area (TPSA) is 85.2 Å². The van der Waals surface area contributed by atoms with Gasteiger partial charge in [-0.1, -0.05) is 0 Å². The number of non-ortho nitro benzene ring substituents is 1. The molecular weight excluding hydrogens is 326 g/mol. The Bertz CT molecular complexity index is 642. The lowest BCUT2D eigenvalue weighted by Gasteiger charge is -2.27. The van der Waals surface area contributed by atoms with Crippen LogP contribution in [-0.4, -0.2) is 54.8 Å². The fourth-order valence-corrected chi connectivity index (χ4v) is 2.71. The Morgan fingerprint density at radius 3 is 2.52 bits per heavy atom. The van der Waals surface area contributed by atoms with Gasteiger partial charge in [0.1, 0.15) is 11.4 Å². The Kier molecular flexibility index (Phi) is 5.71. The van der Waals surface area contributed by atoms with Crippen LogP contribution in [0.15, 0.2) is 18.2 Å². The number of carbonyl (C=O) groups is 1. The van der Waals surface area contributed by atoms with E-state index in [-0.39, 0.29) is 11.8 Å². The number of hydrogen-bond donors (Lipinski definition) is 0. The van der Waals surface area contributed by atoms with Crippen molar-refractivity contribution in [3.8, 4) is 5.75 Å². The highest BCUT2D eigenvalue weighted by molar-refractivity contribution is 5.69. The van der Waals surface area contributed by atoms with E-state index in [0.717, 1.165) is 6.42 Å². The predicted octanol–water partition coefficient (Wildman–Crippen LogP) is 3.05. The van der Waals surface area contributed by atoms with Crippen LogP contribution >= 0.6 is 0 Å². The zero-order chi connectivity index (χ0) is 18.6. The first-order valence-corrected chi connectivity index (χ1v) is 8.26. The maximum absolute atomic E-state index is 12.2. The number of anilines is 1. The van der Waals surface area contributed by atoms with Gasteiger partial charge in [-0.15, -0.1) is 0 Å². The highest BCUT2D eigenvalue weighted by atomic mass is 16.6. The molecule has 1 aromatic carbocycles. The van der Waals surface area contributed by atoms with Gasteiger partial charge in [0.2, 0.25) is 0 Å². The first-order chi connectivity index (χ1) is 11.7. The molecular formula is C17H25N3O5. The number of hydrogen-bond acceptors (Lipinski definition) is 6. The van der Waals surface area contributed by atoms with Gasteiger partial charge in [0, 0.05) is 38.3 Å². The van der Waals surface area contributed by atoms with E-state index in [1.54, 1.807) is 11.0 Å². The summed E-state index contributed by atoms with van der Waals surface area (Å²) in [6.45, 7) is 7.81. The summed E-state index contributed by atoms with van der Waals surface area (Å²) in [6, 6.07) is 4.54. The molecule has 0 atom stereocenters. The number of benzene rings is 1. The van der Waals surface area contributed by atoms with Crippen molar-refractivity contribution in [2.24, 2.45) is 0 Å². The summed E-state index contributed by atoms with van der Waals surface area (Å²) in [5.74, 6) is 0.580. The molecule has 0 radical (unpaired) electrons. The average Bonchev–Trinajstić information content (AvgIpc) is 2.78. The van der Waals surface area contributed by atoms with Crippen LogP contribution in [0.5, 0.6) is 5.75 Å². The van der Waals surface area contributed by atoms with E-state index in [0.29, 0.717) is 37.6 Å². The third-order valence-corrected chi connectivity index (χ3v) is 3.86. The van der Waals surface area contributed by atoms with Gasteiger partial charge in [-0.3, -0.25) is 10.1 Å². The van der Waals surface area contributed by atoms with Crippen molar-refractivity contribution in [2.75, 3.05) is 38.2 Å². The van der Waals surface area contributed by atoms with Gasteiger partial charge in [0.05, 0.1) is 17.7 Å². The fraction of sp³-hybridized carbons (Fsp3) is 0.588. The molecule has 0 bridgehead atoms. The maximum atomic E-state index is 12.2. The number of nitrogens with zero attached hydrogens (tertiary/aromatic N) is 3. The van der Waals surface area contributed by atoms with Crippen molar-refractivity contribution in [3.63, 3.8) is 0 Å². The zero-order valence-corrected chi connectivity index (χ0v) is 15.2. The second-order valence-corrected chi connectivity index (χ2v) is 6.92. The standard InChI is InChI=1S/C17H25N3O5/c1-17(2,3)25-16(21)19-9-5-8-18(10-11-19)14-12-13(20(22)23)6-7-15(14)24-4/h6-7,12H,5,8-11H2,1-4H3. The quantitative estimate of drug-likeness (QED) is 0.615. The van der Waals surface area contributed by atoms with Gasteiger partial charge in [-0.05, 0) is 33.3 Å². The van der Waals surface area contributed by atoms with Crippen molar-refractivity contribution in [3.05, 3.63) is 28.3 Å². The molecule has 1 heterocycles. The molecule has 8 heteroatoms. The highest BCUT2D eigenvalue weighted by Crippen LogP contribution is 2.32. The van der Waals surface area contributed by atoms with Gasteiger partial charge in [0.15, 0.2) is 0 Å². The molecule has 1 saturated heterocycles. The zero-order valence-electron chi connectivity index (χ0n) is 15.2. The summed E-state index contributed by atoms with van der Waals surface area (Å²) < 4.78 is 10.8. The van der Waals surface area contributed by atoms with Gasteiger partial charge in [-0.25, -0.2) is 4.79 Å². The molecule has 0 spiro atoms. The SMILES string of the molecule is COc1ccc([N+](=O)[O-])cc1N1CCCN(C(=O)OC(C)(C)C)CC1. The Hall–Kier alpha value is -2.51. The minimum atomic E-state index is -0.535. The van der Waals surface area contributed by atoms with Crippen LogP contribution in [0.1, 0.15) is 27.2 Å².